The van der Waals surface area contributed by atoms with Crippen LogP contribution in [0.15, 0.2) is 29.9 Å². The molecule has 2 aromatic rings. The number of rotatable bonds is 5. The molecule has 1 unspecified atom stereocenters. The summed E-state index contributed by atoms with van der Waals surface area (Å²) in [5.41, 5.74) is 1.40. The first-order chi connectivity index (χ1) is 11.3. The van der Waals surface area contributed by atoms with Crippen LogP contribution in [0.3, 0.4) is 0 Å². The highest BCUT2D eigenvalue weighted by atomic mass is 32.1. The standard InChI is InChI=1S/C16H17N5OS/c17-5-1-9-21(13-4-8-19-10-13)16(22)14-11-23-15(20-14)12-2-6-18-7-3-12/h2-3,6-7,11,13,19H,1,4,8-10H2. The molecule has 23 heavy (non-hydrogen) atoms. The summed E-state index contributed by atoms with van der Waals surface area (Å²) in [4.78, 5) is 23.1. The van der Waals surface area contributed by atoms with Crippen molar-refractivity contribution in [2.24, 2.45) is 0 Å². The molecule has 3 heterocycles. The van der Waals surface area contributed by atoms with Gasteiger partial charge in [0.25, 0.3) is 5.91 Å². The molecule has 1 aliphatic rings. The Morgan fingerprint density at radius 2 is 2.30 bits per heavy atom. The number of amides is 1. The van der Waals surface area contributed by atoms with Crippen LogP contribution in [0.5, 0.6) is 0 Å². The second-order valence-corrected chi connectivity index (χ2v) is 6.19. The van der Waals surface area contributed by atoms with Crippen LogP contribution in [-0.2, 0) is 0 Å². The van der Waals surface area contributed by atoms with E-state index in [1.54, 1.807) is 22.7 Å². The third-order valence-electron chi connectivity index (χ3n) is 3.85. The minimum Gasteiger partial charge on any atom is -0.332 e. The Balaban J connectivity index is 1.80. The average Bonchev–Trinajstić information content (AvgIpc) is 3.28. The number of nitrogens with one attached hydrogen (secondary N) is 1. The van der Waals surface area contributed by atoms with Crippen molar-refractivity contribution in [3.63, 3.8) is 0 Å². The van der Waals surface area contributed by atoms with Crippen molar-refractivity contribution in [3.8, 4) is 16.6 Å². The summed E-state index contributed by atoms with van der Waals surface area (Å²) < 4.78 is 0. The summed E-state index contributed by atoms with van der Waals surface area (Å²) in [5, 5.41) is 14.7. The van der Waals surface area contributed by atoms with Gasteiger partial charge >= 0.3 is 0 Å². The Bertz CT molecular complexity index is 703. The zero-order chi connectivity index (χ0) is 16.1. The molecule has 7 heteroatoms. The maximum Gasteiger partial charge on any atom is 0.273 e. The highest BCUT2D eigenvalue weighted by Crippen LogP contribution is 2.24. The topological polar surface area (TPSA) is 81.9 Å². The van der Waals surface area contributed by atoms with Crippen molar-refractivity contribution >= 4 is 17.2 Å². The van der Waals surface area contributed by atoms with Crippen molar-refractivity contribution in [1.29, 1.82) is 5.26 Å². The third kappa shape index (κ3) is 3.55. The van der Waals surface area contributed by atoms with Gasteiger partial charge in [-0.15, -0.1) is 11.3 Å². The molecule has 0 saturated carbocycles. The van der Waals surface area contributed by atoms with E-state index in [-0.39, 0.29) is 11.9 Å². The Labute approximate surface area is 138 Å². The van der Waals surface area contributed by atoms with Crippen LogP contribution in [0.4, 0.5) is 0 Å². The van der Waals surface area contributed by atoms with Crippen LogP contribution in [0, 0.1) is 11.3 Å². The van der Waals surface area contributed by atoms with Gasteiger partial charge in [0.15, 0.2) is 0 Å². The van der Waals surface area contributed by atoms with E-state index in [0.717, 1.165) is 30.1 Å². The van der Waals surface area contributed by atoms with Gasteiger partial charge in [-0.05, 0) is 25.1 Å². The number of pyridine rings is 1. The largest absolute Gasteiger partial charge is 0.332 e. The Morgan fingerprint density at radius 1 is 1.48 bits per heavy atom. The lowest BCUT2D eigenvalue weighted by molar-refractivity contribution is 0.0691. The lowest BCUT2D eigenvalue weighted by Gasteiger charge is -2.27. The number of nitriles is 1. The minimum absolute atomic E-state index is 0.0921. The Hall–Kier alpha value is -2.30. The summed E-state index contributed by atoms with van der Waals surface area (Å²) in [5.74, 6) is -0.0921. The molecule has 118 valence electrons. The fraction of sp³-hybridized carbons (Fsp3) is 0.375. The first kappa shape index (κ1) is 15.6. The molecule has 1 fully saturated rings. The average molecular weight is 327 g/mol. The molecule has 1 amide bonds. The maximum atomic E-state index is 12.8. The van der Waals surface area contributed by atoms with E-state index in [9.17, 15) is 4.79 Å². The van der Waals surface area contributed by atoms with Gasteiger partial charge in [-0.1, -0.05) is 0 Å². The van der Waals surface area contributed by atoms with Crippen LogP contribution in [-0.4, -0.2) is 46.5 Å². The zero-order valence-electron chi connectivity index (χ0n) is 12.6. The summed E-state index contributed by atoms with van der Waals surface area (Å²) in [7, 11) is 0. The van der Waals surface area contributed by atoms with Crippen molar-refractivity contribution in [2.45, 2.75) is 18.9 Å². The highest BCUT2D eigenvalue weighted by Gasteiger charge is 2.28. The van der Waals surface area contributed by atoms with Gasteiger partial charge < -0.3 is 10.2 Å². The molecule has 0 aliphatic carbocycles. The molecular weight excluding hydrogens is 310 g/mol. The van der Waals surface area contributed by atoms with E-state index in [1.165, 1.54) is 11.3 Å². The number of hydrogen-bond donors (Lipinski definition) is 1. The zero-order valence-corrected chi connectivity index (χ0v) is 13.4. The molecule has 2 aromatic heterocycles. The molecule has 1 atom stereocenters. The molecule has 0 aromatic carbocycles. The fourth-order valence-electron chi connectivity index (χ4n) is 2.67. The van der Waals surface area contributed by atoms with Crippen LogP contribution in [0.25, 0.3) is 10.6 Å². The quantitative estimate of drug-likeness (QED) is 0.907. The molecule has 6 nitrogen and oxygen atoms in total. The molecule has 3 rings (SSSR count). The van der Waals surface area contributed by atoms with E-state index in [4.69, 9.17) is 5.26 Å². The predicted molar refractivity (Wildman–Crippen MR) is 87.9 cm³/mol. The smallest absolute Gasteiger partial charge is 0.273 e. The first-order valence-corrected chi connectivity index (χ1v) is 8.42. The SMILES string of the molecule is N#CCCN(C(=O)c1csc(-c2ccncc2)n1)C1CCNC1. The predicted octanol–water partition coefficient (Wildman–Crippen LogP) is 1.92. The van der Waals surface area contributed by atoms with Gasteiger partial charge in [-0.2, -0.15) is 5.26 Å². The number of nitrogens with zero attached hydrogens (tertiary/aromatic N) is 4. The maximum absolute atomic E-state index is 12.8. The number of carbonyl (C=O) groups excluding carboxylic acids is 1. The van der Waals surface area contributed by atoms with Crippen LogP contribution < -0.4 is 5.32 Å². The van der Waals surface area contributed by atoms with Gasteiger partial charge in [-0.25, -0.2) is 4.98 Å². The van der Waals surface area contributed by atoms with E-state index in [0.29, 0.717) is 18.7 Å². The molecule has 0 spiro atoms. The first-order valence-electron chi connectivity index (χ1n) is 7.54. The summed E-state index contributed by atoms with van der Waals surface area (Å²) >= 11 is 1.45. The van der Waals surface area contributed by atoms with Crippen LogP contribution in [0.2, 0.25) is 0 Å². The summed E-state index contributed by atoms with van der Waals surface area (Å²) in [6.07, 6.45) is 4.67. The summed E-state index contributed by atoms with van der Waals surface area (Å²) in [6.45, 7) is 2.13. The molecule has 0 radical (unpaired) electrons. The highest BCUT2D eigenvalue weighted by molar-refractivity contribution is 7.13. The van der Waals surface area contributed by atoms with Crippen molar-refractivity contribution in [2.75, 3.05) is 19.6 Å². The normalized spacial score (nSPS) is 16.9. The van der Waals surface area contributed by atoms with Gasteiger partial charge in [0.05, 0.1) is 12.5 Å². The van der Waals surface area contributed by atoms with Gasteiger partial charge in [0.2, 0.25) is 0 Å². The lowest BCUT2D eigenvalue weighted by Crippen LogP contribution is -2.42. The Morgan fingerprint density at radius 3 is 3.00 bits per heavy atom. The molecule has 1 saturated heterocycles. The molecular formula is C16H17N5OS. The van der Waals surface area contributed by atoms with E-state index in [1.807, 2.05) is 12.1 Å². The monoisotopic (exact) mass is 327 g/mol. The van der Waals surface area contributed by atoms with Gasteiger partial charge in [0, 0.05) is 42.5 Å². The van der Waals surface area contributed by atoms with Crippen LogP contribution >= 0.6 is 11.3 Å². The van der Waals surface area contributed by atoms with Crippen LogP contribution in [0.1, 0.15) is 23.3 Å². The van der Waals surface area contributed by atoms with Crippen molar-refractivity contribution in [1.82, 2.24) is 20.2 Å². The molecule has 0 bridgehead atoms. The number of thiazole rings is 1. The van der Waals surface area contributed by atoms with Crippen molar-refractivity contribution in [3.05, 3.63) is 35.6 Å². The molecule has 1 N–H and O–H groups in total. The lowest BCUT2D eigenvalue weighted by atomic mass is 10.2. The summed E-state index contributed by atoms with van der Waals surface area (Å²) in [6, 6.07) is 6.01. The van der Waals surface area contributed by atoms with Crippen molar-refractivity contribution < 1.29 is 4.79 Å². The van der Waals surface area contributed by atoms with E-state index < -0.39 is 0 Å². The second kappa shape index (κ2) is 7.31. The number of hydrogen-bond acceptors (Lipinski definition) is 6. The Kier molecular flexibility index (Phi) is 4.95. The number of carbonyl (C=O) groups is 1. The number of aromatic nitrogens is 2. The van der Waals surface area contributed by atoms with Gasteiger partial charge in [0.1, 0.15) is 10.7 Å². The van der Waals surface area contributed by atoms with E-state index >= 15 is 0 Å². The second-order valence-electron chi connectivity index (χ2n) is 5.33. The van der Waals surface area contributed by atoms with Gasteiger partial charge in [-0.3, -0.25) is 9.78 Å². The fourth-order valence-corrected chi connectivity index (χ4v) is 3.47. The minimum atomic E-state index is -0.0921. The van der Waals surface area contributed by atoms with E-state index in [2.05, 4.69) is 21.4 Å². The third-order valence-corrected chi connectivity index (χ3v) is 4.74. The molecule has 1 aliphatic heterocycles.